The first-order chi connectivity index (χ1) is 15.1. The second kappa shape index (κ2) is 8.34. The lowest BCUT2D eigenvalue weighted by Gasteiger charge is -2.34. The number of nitrogens with zero attached hydrogens (tertiary/aromatic N) is 1. The van der Waals surface area contributed by atoms with Crippen LogP contribution in [0.15, 0.2) is 54.6 Å². The molecule has 0 unspecified atom stereocenters. The van der Waals surface area contributed by atoms with Crippen molar-refractivity contribution in [1.29, 1.82) is 0 Å². The van der Waals surface area contributed by atoms with Crippen molar-refractivity contribution in [1.82, 2.24) is 4.90 Å². The molecule has 0 radical (unpaired) electrons. The normalized spacial score (nSPS) is 22.2. The molecule has 2 aromatic carbocycles. The van der Waals surface area contributed by atoms with Crippen LogP contribution in [0, 0.1) is 5.92 Å². The molecule has 3 nitrogen and oxygen atoms in total. The average molecular weight is 473 g/mol. The van der Waals surface area contributed by atoms with E-state index in [4.69, 9.17) is 0 Å². The fourth-order valence-corrected chi connectivity index (χ4v) is 4.56. The molecular formula is C24H25F6NO2. The lowest BCUT2D eigenvalue weighted by molar-refractivity contribution is -0.376. The van der Waals surface area contributed by atoms with E-state index in [1.807, 2.05) is 37.3 Å². The summed E-state index contributed by atoms with van der Waals surface area (Å²) in [6.07, 6.45) is -11.9. The maximum absolute atomic E-state index is 13.2. The van der Waals surface area contributed by atoms with E-state index < -0.39 is 28.9 Å². The van der Waals surface area contributed by atoms with Gasteiger partial charge in [-0.3, -0.25) is 4.79 Å². The predicted molar refractivity (Wildman–Crippen MR) is 110 cm³/mol. The standard InChI is InChI=1S/C24H25F6NO2/c1-15(2)20(32)31-13-19(21(3,14-31)17-7-5-4-6-8-17)16-9-11-18(12-10-16)22(33,23(25,26)27)24(28,29)30/h4-12,15,19,33H,13-14H2,1-3H3/t19-,21+/m0/s1. The smallest absolute Gasteiger partial charge is 0.369 e. The number of alkyl halides is 6. The Hall–Kier alpha value is -2.55. The summed E-state index contributed by atoms with van der Waals surface area (Å²) in [6, 6.07) is 12.9. The van der Waals surface area contributed by atoms with Crippen molar-refractivity contribution in [2.75, 3.05) is 13.1 Å². The largest absolute Gasteiger partial charge is 0.430 e. The molecule has 0 aromatic heterocycles. The lowest BCUT2D eigenvalue weighted by atomic mass is 9.71. The monoisotopic (exact) mass is 473 g/mol. The van der Waals surface area contributed by atoms with Gasteiger partial charge in [0.05, 0.1) is 0 Å². The summed E-state index contributed by atoms with van der Waals surface area (Å²) < 4.78 is 79.4. The third kappa shape index (κ3) is 4.23. The van der Waals surface area contributed by atoms with Gasteiger partial charge in [-0.15, -0.1) is 0 Å². The SMILES string of the molecule is CC(C)C(=O)N1C[C@@H](c2ccc(C(O)(C(F)(F)F)C(F)(F)F)cc2)[C@@](C)(c2ccccc2)C1. The quantitative estimate of drug-likeness (QED) is 0.593. The summed E-state index contributed by atoms with van der Waals surface area (Å²) >= 11 is 0. The van der Waals surface area contributed by atoms with Gasteiger partial charge in [0.1, 0.15) is 0 Å². The summed E-state index contributed by atoms with van der Waals surface area (Å²) in [4.78, 5) is 14.4. The number of carbonyl (C=O) groups excluding carboxylic acids is 1. The first kappa shape index (κ1) is 25.1. The second-order valence-electron chi connectivity index (χ2n) is 9.04. The summed E-state index contributed by atoms with van der Waals surface area (Å²) in [5, 5.41) is 9.67. The molecule has 0 aliphatic carbocycles. The number of aliphatic hydroxyl groups is 1. The van der Waals surface area contributed by atoms with Crippen molar-refractivity contribution in [3.8, 4) is 0 Å². The van der Waals surface area contributed by atoms with Gasteiger partial charge in [-0.05, 0) is 11.1 Å². The van der Waals surface area contributed by atoms with Crippen LogP contribution in [0.25, 0.3) is 0 Å². The van der Waals surface area contributed by atoms with Crippen molar-refractivity contribution in [3.63, 3.8) is 0 Å². The van der Waals surface area contributed by atoms with Crippen LogP contribution in [0.4, 0.5) is 26.3 Å². The van der Waals surface area contributed by atoms with Gasteiger partial charge in [0, 0.05) is 35.9 Å². The van der Waals surface area contributed by atoms with Crippen molar-refractivity contribution in [2.24, 2.45) is 5.92 Å². The summed E-state index contributed by atoms with van der Waals surface area (Å²) in [6.45, 7) is 6.08. The van der Waals surface area contributed by atoms with Gasteiger partial charge in [-0.2, -0.15) is 26.3 Å². The van der Waals surface area contributed by atoms with Crippen LogP contribution < -0.4 is 0 Å². The molecule has 3 rings (SSSR count). The van der Waals surface area contributed by atoms with E-state index in [2.05, 4.69) is 0 Å². The third-order valence-electron chi connectivity index (χ3n) is 6.48. The number of likely N-dealkylation sites (tertiary alicyclic amines) is 1. The van der Waals surface area contributed by atoms with Crippen LogP contribution in [-0.4, -0.2) is 41.4 Å². The fourth-order valence-electron chi connectivity index (χ4n) is 4.56. The summed E-state index contributed by atoms with van der Waals surface area (Å²) in [7, 11) is 0. The molecular weight excluding hydrogens is 448 g/mol. The van der Waals surface area contributed by atoms with E-state index in [0.29, 0.717) is 24.2 Å². The number of carbonyl (C=O) groups is 1. The highest BCUT2D eigenvalue weighted by Crippen LogP contribution is 2.51. The zero-order valence-electron chi connectivity index (χ0n) is 18.3. The molecule has 2 atom stereocenters. The van der Waals surface area contributed by atoms with Crippen LogP contribution in [0.2, 0.25) is 0 Å². The molecule has 1 amide bonds. The molecule has 1 aliphatic rings. The number of amides is 1. The summed E-state index contributed by atoms with van der Waals surface area (Å²) in [5.41, 5.74) is -5.51. The minimum atomic E-state index is -5.95. The molecule has 0 bridgehead atoms. The number of halogens is 6. The maximum Gasteiger partial charge on any atom is 0.430 e. The number of hydrogen-bond donors (Lipinski definition) is 1. The van der Waals surface area contributed by atoms with Crippen molar-refractivity contribution in [2.45, 2.75) is 50.1 Å². The molecule has 9 heteroatoms. The van der Waals surface area contributed by atoms with Crippen LogP contribution in [0.3, 0.4) is 0 Å². The maximum atomic E-state index is 13.2. The van der Waals surface area contributed by atoms with Gasteiger partial charge in [0.25, 0.3) is 5.60 Å². The first-order valence-corrected chi connectivity index (χ1v) is 10.4. The number of benzene rings is 2. The average Bonchev–Trinajstić information content (AvgIpc) is 3.10. The third-order valence-corrected chi connectivity index (χ3v) is 6.48. The molecule has 33 heavy (non-hydrogen) atoms. The van der Waals surface area contributed by atoms with E-state index in [9.17, 15) is 36.2 Å². The lowest BCUT2D eigenvalue weighted by Crippen LogP contribution is -2.53. The minimum absolute atomic E-state index is 0.0835. The van der Waals surface area contributed by atoms with E-state index in [0.717, 1.165) is 5.56 Å². The molecule has 2 aromatic rings. The molecule has 180 valence electrons. The minimum Gasteiger partial charge on any atom is -0.369 e. The number of hydrogen-bond acceptors (Lipinski definition) is 2. The van der Waals surface area contributed by atoms with Crippen molar-refractivity contribution < 1.29 is 36.2 Å². The molecule has 0 spiro atoms. The zero-order valence-corrected chi connectivity index (χ0v) is 18.3. The van der Waals surface area contributed by atoms with E-state index >= 15 is 0 Å². The molecule has 1 saturated heterocycles. The Morgan fingerprint density at radius 2 is 1.48 bits per heavy atom. The highest BCUT2D eigenvalue weighted by atomic mass is 19.4. The Labute approximate surface area is 188 Å². The highest BCUT2D eigenvalue weighted by Gasteiger charge is 2.71. The van der Waals surface area contributed by atoms with Crippen LogP contribution >= 0.6 is 0 Å². The van der Waals surface area contributed by atoms with Gasteiger partial charge in [-0.25, -0.2) is 0 Å². The molecule has 1 aliphatic heterocycles. The summed E-state index contributed by atoms with van der Waals surface area (Å²) in [5.74, 6) is -0.721. The Morgan fingerprint density at radius 3 is 1.94 bits per heavy atom. The Kier molecular flexibility index (Phi) is 6.34. The van der Waals surface area contributed by atoms with Crippen LogP contribution in [-0.2, 0) is 15.8 Å². The van der Waals surface area contributed by atoms with Crippen molar-refractivity contribution >= 4 is 5.91 Å². The van der Waals surface area contributed by atoms with Gasteiger partial charge in [0.15, 0.2) is 0 Å². The fraction of sp³-hybridized carbons (Fsp3) is 0.458. The predicted octanol–water partition coefficient (Wildman–Crippen LogP) is 5.54. The van der Waals surface area contributed by atoms with Gasteiger partial charge >= 0.3 is 12.4 Å². The Balaban J connectivity index is 2.05. The van der Waals surface area contributed by atoms with Gasteiger partial charge in [0.2, 0.25) is 5.91 Å². The zero-order chi connectivity index (χ0) is 24.8. The van der Waals surface area contributed by atoms with Gasteiger partial charge < -0.3 is 10.0 Å². The first-order valence-electron chi connectivity index (χ1n) is 10.4. The molecule has 0 saturated carbocycles. The van der Waals surface area contributed by atoms with Crippen LogP contribution in [0.5, 0.6) is 0 Å². The van der Waals surface area contributed by atoms with Gasteiger partial charge in [-0.1, -0.05) is 75.4 Å². The van der Waals surface area contributed by atoms with E-state index in [1.54, 1.807) is 18.7 Å². The Morgan fingerprint density at radius 1 is 0.970 bits per heavy atom. The second-order valence-corrected chi connectivity index (χ2v) is 9.04. The van der Waals surface area contributed by atoms with Crippen molar-refractivity contribution in [3.05, 3.63) is 71.3 Å². The highest BCUT2D eigenvalue weighted by molar-refractivity contribution is 5.79. The van der Waals surface area contributed by atoms with Crippen LogP contribution in [0.1, 0.15) is 43.4 Å². The molecule has 1 N–H and O–H groups in total. The van der Waals surface area contributed by atoms with E-state index in [-0.39, 0.29) is 24.3 Å². The molecule has 1 heterocycles. The number of rotatable bonds is 4. The topological polar surface area (TPSA) is 40.5 Å². The Bertz CT molecular complexity index is 971. The van der Waals surface area contributed by atoms with E-state index in [1.165, 1.54) is 12.1 Å². The molecule has 1 fully saturated rings.